The zero-order valence-corrected chi connectivity index (χ0v) is 9.61. The van der Waals surface area contributed by atoms with E-state index in [2.05, 4.69) is 15.7 Å². The zero-order chi connectivity index (χ0) is 9.22. The fraction of sp³-hybridized carbons (Fsp3) is 0.667. The molecule has 0 aromatic rings. The number of carbonyl (C=O) groups excluding carboxylic acids is 1. The number of halogens is 1. The van der Waals surface area contributed by atoms with Crippen LogP contribution in [-0.2, 0) is 4.79 Å². The van der Waals surface area contributed by atoms with Gasteiger partial charge in [0.1, 0.15) is 0 Å². The van der Waals surface area contributed by atoms with Crippen LogP contribution in [0.3, 0.4) is 0 Å². The summed E-state index contributed by atoms with van der Waals surface area (Å²) in [6.07, 6.45) is 5.57. The van der Waals surface area contributed by atoms with Gasteiger partial charge in [-0.15, -0.1) is 0 Å². The minimum absolute atomic E-state index is 0.175. The average molecular weight is 292 g/mol. The third kappa shape index (κ3) is 0.872. The molecule has 5 unspecified atom stereocenters. The summed E-state index contributed by atoms with van der Waals surface area (Å²) in [6.45, 7) is 0. The molecule has 1 saturated carbocycles. The van der Waals surface area contributed by atoms with Crippen LogP contribution in [-0.4, -0.2) is 14.8 Å². The van der Waals surface area contributed by atoms with Gasteiger partial charge in [-0.1, -0.05) is 0 Å². The topological polar surface area (TPSA) is 53.0 Å². The van der Waals surface area contributed by atoms with Gasteiger partial charge in [0.15, 0.2) is 0 Å². The Kier molecular flexibility index (Phi) is 1.38. The molecule has 2 aliphatic carbocycles. The molecule has 2 N–H and O–H groups in total. The normalized spacial score (nSPS) is 61.8. The fourth-order valence-electron chi connectivity index (χ4n) is 3.02. The predicted octanol–water partition coefficient (Wildman–Crippen LogP) is 1.66. The maximum absolute atomic E-state index is 11.6. The summed E-state index contributed by atoms with van der Waals surface area (Å²) in [6, 6.07) is 0. The molecule has 72 valence electrons. The van der Waals surface area contributed by atoms with Crippen LogP contribution in [0.25, 0.3) is 0 Å². The molecule has 13 heavy (non-hydrogen) atoms. The van der Waals surface area contributed by atoms with Crippen LogP contribution in [0, 0.1) is 21.3 Å². The molecular weight excluding hydrogens is 279 g/mol. The second-order valence-electron chi connectivity index (χ2n) is 4.29. The van der Waals surface area contributed by atoms with Crippen molar-refractivity contribution in [2.24, 2.45) is 17.8 Å². The molecule has 5 atom stereocenters. The van der Waals surface area contributed by atoms with Crippen LogP contribution in [0.5, 0.6) is 0 Å². The molecule has 2 fully saturated rings. The summed E-state index contributed by atoms with van der Waals surface area (Å²) < 4.78 is 11.6. The number of nitrogens with one attached hydrogen (secondary N) is 2. The first-order chi connectivity index (χ1) is 6.09. The molecule has 1 amide bonds. The van der Waals surface area contributed by atoms with Crippen molar-refractivity contribution < 1.29 is 4.79 Å². The van der Waals surface area contributed by atoms with E-state index < -0.39 is 18.5 Å². The minimum atomic E-state index is -2.62. The van der Waals surface area contributed by atoms with Crippen molar-refractivity contribution in [2.75, 3.05) is 4.93 Å². The monoisotopic (exact) mass is 292 g/mol. The standard InChI is InChI=1S/C9H13IN2O/c1-10(11)8-6-3-2-5(4-6)7(8)9(13)12-10/h2-3,5-8H,4H2,1H3,(H2,11,12,13). The second kappa shape index (κ2) is 2.21. The first-order valence-corrected chi connectivity index (χ1v) is 10.1. The molecule has 2 bridgehead atoms. The molecule has 0 aromatic carbocycles. The summed E-state index contributed by atoms with van der Waals surface area (Å²) >= 11 is -2.62. The van der Waals surface area contributed by atoms with Gasteiger partial charge < -0.3 is 0 Å². The molecule has 0 aromatic heterocycles. The quantitative estimate of drug-likeness (QED) is 0.303. The van der Waals surface area contributed by atoms with Crippen LogP contribution >= 0.6 is 18.5 Å². The molecule has 0 radical (unpaired) electrons. The van der Waals surface area contributed by atoms with E-state index in [4.69, 9.17) is 3.56 Å². The first-order valence-electron chi connectivity index (χ1n) is 4.53. The van der Waals surface area contributed by atoms with E-state index in [1.807, 2.05) is 4.93 Å². The Morgan fingerprint density at radius 3 is 2.92 bits per heavy atom. The summed E-state index contributed by atoms with van der Waals surface area (Å²) in [4.78, 5) is 13.6. The van der Waals surface area contributed by atoms with E-state index in [1.165, 1.54) is 0 Å². The van der Waals surface area contributed by atoms with Gasteiger partial charge in [-0.05, 0) is 0 Å². The van der Waals surface area contributed by atoms with Gasteiger partial charge in [0.05, 0.1) is 0 Å². The zero-order valence-electron chi connectivity index (χ0n) is 7.46. The molecule has 3 nitrogen and oxygen atoms in total. The van der Waals surface area contributed by atoms with Gasteiger partial charge in [0.25, 0.3) is 0 Å². The number of allylic oxidation sites excluding steroid dienone is 2. The Hall–Kier alpha value is -0.260. The van der Waals surface area contributed by atoms with Crippen molar-refractivity contribution in [3.05, 3.63) is 12.2 Å². The molecule has 1 aliphatic heterocycles. The summed E-state index contributed by atoms with van der Waals surface area (Å²) in [7, 11) is 0. The Labute approximate surface area is 81.5 Å². The van der Waals surface area contributed by atoms with E-state index in [1.54, 1.807) is 0 Å². The first kappa shape index (κ1) is 8.08. The Morgan fingerprint density at radius 1 is 1.54 bits per heavy atom. The van der Waals surface area contributed by atoms with Gasteiger partial charge in [-0.2, -0.15) is 0 Å². The van der Waals surface area contributed by atoms with Crippen molar-refractivity contribution in [2.45, 2.75) is 10.3 Å². The SMILES string of the molecule is CI1(=N)NC(=O)C2C3C=CC(C3)C21. The van der Waals surface area contributed by atoms with Gasteiger partial charge in [-0.25, -0.2) is 0 Å². The van der Waals surface area contributed by atoms with Crippen molar-refractivity contribution in [1.82, 2.24) is 3.53 Å². The van der Waals surface area contributed by atoms with Gasteiger partial charge in [0, 0.05) is 0 Å². The van der Waals surface area contributed by atoms with Crippen LogP contribution in [0.15, 0.2) is 12.2 Å². The maximum atomic E-state index is 11.6. The number of rotatable bonds is 0. The molecular formula is C9H13IN2O. The number of carbonyl (C=O) groups is 1. The summed E-state index contributed by atoms with van der Waals surface area (Å²) in [5, 5.41) is 0. The van der Waals surface area contributed by atoms with Gasteiger partial charge >= 0.3 is 81.5 Å². The van der Waals surface area contributed by atoms with E-state index in [-0.39, 0.29) is 11.8 Å². The fourth-order valence-corrected chi connectivity index (χ4v) is 9.63. The van der Waals surface area contributed by atoms with Crippen LogP contribution in [0.1, 0.15) is 6.42 Å². The van der Waals surface area contributed by atoms with Crippen LogP contribution in [0.2, 0.25) is 0 Å². The van der Waals surface area contributed by atoms with Crippen LogP contribution in [0.4, 0.5) is 0 Å². The number of fused-ring (bicyclic) bond motifs is 5. The van der Waals surface area contributed by atoms with Crippen molar-refractivity contribution in [3.8, 4) is 0 Å². The predicted molar refractivity (Wildman–Crippen MR) is 58.8 cm³/mol. The van der Waals surface area contributed by atoms with Crippen molar-refractivity contribution in [1.29, 1.82) is 3.56 Å². The second-order valence-corrected chi connectivity index (χ2v) is 11.5. The summed E-state index contributed by atoms with van der Waals surface area (Å²) in [5.74, 6) is 1.36. The third-order valence-corrected chi connectivity index (χ3v) is 9.69. The van der Waals surface area contributed by atoms with E-state index in [9.17, 15) is 4.79 Å². The molecule has 1 heterocycles. The number of hydrogen-bond donors (Lipinski definition) is 2. The number of alkyl halides is 2. The molecule has 3 rings (SSSR count). The van der Waals surface area contributed by atoms with Crippen molar-refractivity contribution in [3.63, 3.8) is 0 Å². The van der Waals surface area contributed by atoms with Crippen LogP contribution < -0.4 is 3.53 Å². The van der Waals surface area contributed by atoms with Gasteiger partial charge in [-0.3, -0.25) is 0 Å². The molecule has 3 aliphatic rings. The molecule has 0 spiro atoms. The summed E-state index contributed by atoms with van der Waals surface area (Å²) in [5.41, 5.74) is 0. The molecule has 4 heteroatoms. The van der Waals surface area contributed by atoms with Gasteiger partial charge in [0.2, 0.25) is 0 Å². The average Bonchev–Trinajstić information content (AvgIpc) is 2.63. The van der Waals surface area contributed by atoms with E-state index >= 15 is 0 Å². The molecule has 1 saturated heterocycles. The Bertz CT molecular complexity index is 363. The Morgan fingerprint density at radius 2 is 2.23 bits per heavy atom. The number of hydrogen-bond acceptors (Lipinski definition) is 2. The number of amides is 1. The van der Waals surface area contributed by atoms with Crippen molar-refractivity contribution >= 4 is 24.4 Å². The Balaban J connectivity index is 2.11. The van der Waals surface area contributed by atoms with E-state index in [0.29, 0.717) is 15.8 Å². The van der Waals surface area contributed by atoms with E-state index in [0.717, 1.165) is 6.42 Å². The third-order valence-electron chi connectivity index (χ3n) is 3.46.